The van der Waals surface area contributed by atoms with Crippen molar-refractivity contribution in [3.05, 3.63) is 59.5 Å². The highest BCUT2D eigenvalue weighted by Crippen LogP contribution is 2.19. The Labute approximate surface area is 170 Å². The van der Waals surface area contributed by atoms with Crippen LogP contribution in [0.5, 0.6) is 0 Å². The number of furan rings is 1. The molecule has 8 nitrogen and oxygen atoms in total. The molecule has 9 heteroatoms. The number of rotatable bonds is 7. The molecule has 1 aromatic heterocycles. The summed E-state index contributed by atoms with van der Waals surface area (Å²) in [6.45, 7) is 1.34. The van der Waals surface area contributed by atoms with Crippen molar-refractivity contribution in [1.82, 2.24) is 14.9 Å². The standard InChI is InChI=1S/C20H25N3O5S/c1-29(26,27)23-9-7-16(8-10-23)19(24)21-13-15-4-2-5-17(12-15)20(25)22-14-18-6-3-11-28-18/h2-6,11-12,16H,7-10,13-14H2,1H3,(H,21,24)(H,22,25). The maximum absolute atomic E-state index is 12.4. The van der Waals surface area contributed by atoms with Gasteiger partial charge in [-0.25, -0.2) is 12.7 Å². The van der Waals surface area contributed by atoms with Crippen molar-refractivity contribution in [2.24, 2.45) is 5.92 Å². The lowest BCUT2D eigenvalue weighted by molar-refractivity contribution is -0.126. The van der Waals surface area contributed by atoms with Crippen LogP contribution in [0.1, 0.15) is 34.5 Å². The zero-order valence-corrected chi connectivity index (χ0v) is 17.1. The van der Waals surface area contributed by atoms with E-state index >= 15 is 0 Å². The van der Waals surface area contributed by atoms with Gasteiger partial charge in [0.05, 0.1) is 19.1 Å². The molecule has 1 saturated heterocycles. The van der Waals surface area contributed by atoms with E-state index in [4.69, 9.17) is 4.42 Å². The van der Waals surface area contributed by atoms with Gasteiger partial charge >= 0.3 is 0 Å². The van der Waals surface area contributed by atoms with E-state index in [1.807, 2.05) is 6.07 Å². The quantitative estimate of drug-likeness (QED) is 0.707. The Bertz CT molecular complexity index is 948. The van der Waals surface area contributed by atoms with E-state index in [2.05, 4.69) is 10.6 Å². The lowest BCUT2D eigenvalue weighted by Gasteiger charge is -2.29. The number of carbonyl (C=O) groups excluding carboxylic acids is 2. The molecule has 0 spiro atoms. The second-order valence-corrected chi connectivity index (χ2v) is 9.10. The molecule has 2 heterocycles. The van der Waals surface area contributed by atoms with Crippen molar-refractivity contribution in [3.63, 3.8) is 0 Å². The Kier molecular flexibility index (Phi) is 6.71. The minimum absolute atomic E-state index is 0.0918. The molecule has 0 atom stereocenters. The molecule has 1 aromatic carbocycles. The fourth-order valence-electron chi connectivity index (χ4n) is 3.29. The normalized spacial score (nSPS) is 15.8. The lowest BCUT2D eigenvalue weighted by atomic mass is 9.97. The number of piperidine rings is 1. The summed E-state index contributed by atoms with van der Waals surface area (Å²) in [6, 6.07) is 10.6. The van der Waals surface area contributed by atoms with Gasteiger partial charge in [0.25, 0.3) is 5.91 Å². The van der Waals surface area contributed by atoms with E-state index in [9.17, 15) is 18.0 Å². The number of benzene rings is 1. The van der Waals surface area contributed by atoms with Crippen LogP contribution < -0.4 is 10.6 Å². The molecular formula is C20H25N3O5S. The van der Waals surface area contributed by atoms with Gasteiger partial charge in [-0.15, -0.1) is 0 Å². The minimum atomic E-state index is -3.20. The molecule has 0 unspecified atom stereocenters. The third kappa shape index (κ3) is 5.91. The largest absolute Gasteiger partial charge is 0.467 e. The van der Waals surface area contributed by atoms with Crippen LogP contribution in [0.25, 0.3) is 0 Å². The van der Waals surface area contributed by atoms with Gasteiger partial charge in [-0.1, -0.05) is 12.1 Å². The summed E-state index contributed by atoms with van der Waals surface area (Å²) in [6.07, 6.45) is 3.75. The predicted octanol–water partition coefficient (Wildman–Crippen LogP) is 1.50. The van der Waals surface area contributed by atoms with Crippen molar-refractivity contribution in [2.45, 2.75) is 25.9 Å². The summed E-state index contributed by atoms with van der Waals surface area (Å²) < 4.78 is 29.7. The average Bonchev–Trinajstić information content (AvgIpc) is 3.23. The van der Waals surface area contributed by atoms with Gasteiger partial charge in [0.15, 0.2) is 0 Å². The van der Waals surface area contributed by atoms with Gasteiger partial charge in [-0.05, 0) is 42.7 Å². The van der Waals surface area contributed by atoms with Crippen LogP contribution in [0, 0.1) is 5.92 Å². The second kappa shape index (κ2) is 9.23. The average molecular weight is 420 g/mol. The maximum atomic E-state index is 12.4. The summed E-state index contributed by atoms with van der Waals surface area (Å²) in [5, 5.41) is 5.68. The van der Waals surface area contributed by atoms with E-state index < -0.39 is 10.0 Å². The first-order valence-electron chi connectivity index (χ1n) is 9.45. The first-order chi connectivity index (χ1) is 13.8. The van der Waals surface area contributed by atoms with Crippen molar-refractivity contribution in [2.75, 3.05) is 19.3 Å². The van der Waals surface area contributed by atoms with Crippen LogP contribution >= 0.6 is 0 Å². The zero-order valence-electron chi connectivity index (χ0n) is 16.3. The molecule has 2 N–H and O–H groups in total. The highest BCUT2D eigenvalue weighted by Gasteiger charge is 2.28. The molecule has 0 radical (unpaired) electrons. The highest BCUT2D eigenvalue weighted by atomic mass is 32.2. The molecule has 156 valence electrons. The topological polar surface area (TPSA) is 109 Å². The van der Waals surface area contributed by atoms with E-state index in [1.165, 1.54) is 10.6 Å². The Balaban J connectivity index is 1.49. The number of amides is 2. The van der Waals surface area contributed by atoms with Crippen LogP contribution in [0.2, 0.25) is 0 Å². The van der Waals surface area contributed by atoms with E-state index in [-0.39, 0.29) is 17.7 Å². The van der Waals surface area contributed by atoms with Crippen LogP contribution in [0.4, 0.5) is 0 Å². The molecule has 2 aromatic rings. The fraction of sp³-hybridized carbons (Fsp3) is 0.400. The first kappa shape index (κ1) is 21.1. The smallest absolute Gasteiger partial charge is 0.251 e. The van der Waals surface area contributed by atoms with E-state index in [0.717, 1.165) is 5.56 Å². The van der Waals surface area contributed by atoms with Crippen molar-refractivity contribution >= 4 is 21.8 Å². The molecule has 0 aliphatic carbocycles. The highest BCUT2D eigenvalue weighted by molar-refractivity contribution is 7.88. The number of sulfonamides is 1. The monoisotopic (exact) mass is 419 g/mol. The number of hydrogen-bond acceptors (Lipinski definition) is 5. The summed E-state index contributed by atoms with van der Waals surface area (Å²) in [7, 11) is -3.20. The Morgan fingerprint density at radius 2 is 1.86 bits per heavy atom. The van der Waals surface area contributed by atoms with Crippen molar-refractivity contribution in [3.8, 4) is 0 Å². The van der Waals surface area contributed by atoms with Crippen LogP contribution in [0.3, 0.4) is 0 Å². The molecule has 3 rings (SSSR count). The van der Waals surface area contributed by atoms with Crippen LogP contribution in [0.15, 0.2) is 47.1 Å². The van der Waals surface area contributed by atoms with Gasteiger partial charge < -0.3 is 15.1 Å². The zero-order chi connectivity index (χ0) is 20.9. The van der Waals surface area contributed by atoms with E-state index in [1.54, 1.807) is 36.6 Å². The molecule has 0 saturated carbocycles. The van der Waals surface area contributed by atoms with Gasteiger partial charge in [0, 0.05) is 31.1 Å². The SMILES string of the molecule is CS(=O)(=O)N1CCC(C(=O)NCc2cccc(C(=O)NCc3ccco3)c2)CC1. The Morgan fingerprint density at radius 3 is 2.52 bits per heavy atom. The first-order valence-corrected chi connectivity index (χ1v) is 11.3. The van der Waals surface area contributed by atoms with Crippen molar-refractivity contribution < 1.29 is 22.4 Å². The summed E-state index contributed by atoms with van der Waals surface area (Å²) >= 11 is 0. The Morgan fingerprint density at radius 1 is 1.10 bits per heavy atom. The van der Waals surface area contributed by atoms with Crippen LogP contribution in [-0.4, -0.2) is 43.9 Å². The third-order valence-corrected chi connectivity index (χ3v) is 6.26. The maximum Gasteiger partial charge on any atom is 0.251 e. The number of hydrogen-bond donors (Lipinski definition) is 2. The molecule has 2 amide bonds. The molecule has 1 aliphatic rings. The Hall–Kier alpha value is -2.65. The van der Waals surface area contributed by atoms with Gasteiger partial charge in [-0.3, -0.25) is 9.59 Å². The van der Waals surface area contributed by atoms with Crippen LogP contribution in [-0.2, 0) is 27.9 Å². The molecule has 29 heavy (non-hydrogen) atoms. The molecule has 1 aliphatic heterocycles. The molecular weight excluding hydrogens is 394 g/mol. The van der Waals surface area contributed by atoms with E-state index in [0.29, 0.717) is 50.3 Å². The fourth-order valence-corrected chi connectivity index (χ4v) is 4.16. The minimum Gasteiger partial charge on any atom is -0.467 e. The lowest BCUT2D eigenvalue weighted by Crippen LogP contribution is -2.42. The predicted molar refractivity (Wildman–Crippen MR) is 107 cm³/mol. The number of nitrogens with zero attached hydrogens (tertiary/aromatic N) is 1. The molecule has 0 bridgehead atoms. The van der Waals surface area contributed by atoms with Crippen molar-refractivity contribution in [1.29, 1.82) is 0 Å². The van der Waals surface area contributed by atoms with Gasteiger partial charge in [-0.2, -0.15) is 0 Å². The summed E-state index contributed by atoms with van der Waals surface area (Å²) in [5.74, 6) is 0.157. The second-order valence-electron chi connectivity index (χ2n) is 7.12. The number of nitrogens with one attached hydrogen (secondary N) is 2. The number of carbonyl (C=O) groups is 2. The summed E-state index contributed by atoms with van der Waals surface area (Å²) in [4.78, 5) is 24.7. The summed E-state index contributed by atoms with van der Waals surface area (Å²) in [5.41, 5.74) is 1.32. The van der Waals surface area contributed by atoms with Gasteiger partial charge in [0.1, 0.15) is 5.76 Å². The third-order valence-electron chi connectivity index (χ3n) is 4.95. The molecule has 1 fully saturated rings. The van der Waals surface area contributed by atoms with Gasteiger partial charge in [0.2, 0.25) is 15.9 Å².